The maximum absolute atomic E-state index is 5.93. The summed E-state index contributed by atoms with van der Waals surface area (Å²) < 4.78 is 7.60. The molecule has 2 aromatic heterocycles. The van der Waals surface area contributed by atoms with Crippen LogP contribution in [0.2, 0.25) is 5.02 Å². The Labute approximate surface area is 166 Å². The minimum atomic E-state index is 0.729. The second kappa shape index (κ2) is 7.98. The van der Waals surface area contributed by atoms with E-state index in [4.69, 9.17) is 16.0 Å². The molecule has 27 heavy (non-hydrogen) atoms. The largest absolute Gasteiger partial charge is 0.460 e. The van der Waals surface area contributed by atoms with Crippen molar-refractivity contribution >= 4 is 40.5 Å². The molecule has 0 spiro atoms. The van der Waals surface area contributed by atoms with Gasteiger partial charge in [-0.05, 0) is 23.8 Å². The molecule has 0 N–H and O–H groups in total. The quantitative estimate of drug-likeness (QED) is 0.323. The van der Waals surface area contributed by atoms with E-state index in [2.05, 4.69) is 22.2 Å². The van der Waals surface area contributed by atoms with Crippen molar-refractivity contribution in [3.63, 3.8) is 0 Å². The van der Waals surface area contributed by atoms with Gasteiger partial charge in [-0.15, -0.1) is 10.2 Å². The van der Waals surface area contributed by atoms with Crippen LogP contribution in [-0.2, 0) is 12.2 Å². The van der Waals surface area contributed by atoms with Crippen LogP contribution in [0.5, 0.6) is 0 Å². The Morgan fingerprint density at radius 1 is 1.19 bits per heavy atom. The van der Waals surface area contributed by atoms with Gasteiger partial charge >= 0.3 is 0 Å². The molecule has 4 rings (SSSR count). The fourth-order valence-corrected chi connectivity index (χ4v) is 3.71. The molecule has 2 aromatic carbocycles. The van der Waals surface area contributed by atoms with Crippen molar-refractivity contribution in [1.82, 2.24) is 14.9 Å². The molecular formula is C20H17ClN4OS. The highest BCUT2D eigenvalue weighted by molar-refractivity contribution is 7.98. The highest BCUT2D eigenvalue weighted by Crippen LogP contribution is 2.25. The zero-order chi connectivity index (χ0) is 18.6. The Morgan fingerprint density at radius 3 is 2.81 bits per heavy atom. The molecule has 0 radical (unpaired) electrons. The molecule has 2 heterocycles. The maximum atomic E-state index is 5.93. The fourth-order valence-electron chi connectivity index (χ4n) is 2.76. The van der Waals surface area contributed by atoms with Crippen molar-refractivity contribution in [2.24, 2.45) is 5.10 Å². The van der Waals surface area contributed by atoms with Crippen LogP contribution in [0.25, 0.3) is 11.0 Å². The van der Waals surface area contributed by atoms with Crippen molar-refractivity contribution in [1.29, 1.82) is 0 Å². The summed E-state index contributed by atoms with van der Waals surface area (Å²) in [5, 5.41) is 15.2. The van der Waals surface area contributed by atoms with Gasteiger partial charge in [-0.1, -0.05) is 60.6 Å². The molecule has 0 unspecified atom stereocenters. The number of hydrogen-bond donors (Lipinski definition) is 0. The second-order valence-electron chi connectivity index (χ2n) is 5.91. The third-order valence-electron chi connectivity index (χ3n) is 4.12. The topological polar surface area (TPSA) is 56.2 Å². The van der Waals surface area contributed by atoms with Gasteiger partial charge in [-0.25, -0.2) is 0 Å². The molecule has 0 saturated heterocycles. The van der Waals surface area contributed by atoms with E-state index < -0.39 is 0 Å². The number of hydrogen-bond acceptors (Lipinski definition) is 5. The van der Waals surface area contributed by atoms with Crippen molar-refractivity contribution in [3.05, 3.63) is 76.8 Å². The lowest BCUT2D eigenvalue weighted by Crippen LogP contribution is -1.94. The lowest BCUT2D eigenvalue weighted by Gasteiger charge is -2.02. The Morgan fingerprint density at radius 2 is 2.00 bits per heavy atom. The summed E-state index contributed by atoms with van der Waals surface area (Å²) in [6, 6.07) is 15.8. The molecule has 7 heteroatoms. The van der Waals surface area contributed by atoms with Crippen LogP contribution in [0.15, 0.2) is 69.5 Å². The Kier molecular flexibility index (Phi) is 5.27. The van der Waals surface area contributed by atoms with E-state index in [1.165, 1.54) is 0 Å². The van der Waals surface area contributed by atoms with Gasteiger partial charge in [0.15, 0.2) is 0 Å². The van der Waals surface area contributed by atoms with Crippen LogP contribution < -0.4 is 0 Å². The van der Waals surface area contributed by atoms with Crippen molar-refractivity contribution in [2.75, 3.05) is 0 Å². The van der Waals surface area contributed by atoms with Crippen molar-refractivity contribution in [2.45, 2.75) is 24.3 Å². The SMILES string of the molecule is CCc1oc2ccccc2c1/C=N\n1cnnc1SCc1ccc(Cl)cc1. The zero-order valence-corrected chi connectivity index (χ0v) is 16.2. The van der Waals surface area contributed by atoms with Gasteiger partial charge in [0.05, 0.1) is 6.21 Å². The molecule has 0 atom stereocenters. The number of fused-ring (bicyclic) bond motifs is 1. The van der Waals surface area contributed by atoms with E-state index in [1.54, 1.807) is 22.8 Å². The van der Waals surface area contributed by atoms with Gasteiger partial charge in [0, 0.05) is 28.1 Å². The van der Waals surface area contributed by atoms with Crippen LogP contribution in [0, 0.1) is 0 Å². The average molecular weight is 397 g/mol. The zero-order valence-electron chi connectivity index (χ0n) is 14.7. The molecule has 0 amide bonds. The summed E-state index contributed by atoms with van der Waals surface area (Å²) >= 11 is 7.51. The highest BCUT2D eigenvalue weighted by Gasteiger charge is 2.11. The smallest absolute Gasteiger partial charge is 0.212 e. The minimum Gasteiger partial charge on any atom is -0.460 e. The number of halogens is 1. The second-order valence-corrected chi connectivity index (χ2v) is 7.29. The van der Waals surface area contributed by atoms with Crippen LogP contribution in [0.1, 0.15) is 23.8 Å². The number of aromatic nitrogens is 3. The monoisotopic (exact) mass is 396 g/mol. The van der Waals surface area contributed by atoms with Gasteiger partial charge in [0.1, 0.15) is 17.7 Å². The lowest BCUT2D eigenvalue weighted by molar-refractivity contribution is 0.556. The highest BCUT2D eigenvalue weighted by atomic mass is 35.5. The summed E-state index contributed by atoms with van der Waals surface area (Å²) in [4.78, 5) is 0. The molecule has 136 valence electrons. The standard InChI is InChI=1S/C20H17ClN4OS/c1-2-18-17(16-5-3-4-6-19(16)26-18)11-23-25-13-22-24-20(25)27-12-14-7-9-15(21)10-8-14/h3-11,13H,2,12H2,1H3/b23-11-. The average Bonchev–Trinajstić information content (AvgIpc) is 3.29. The number of thioether (sulfide) groups is 1. The molecule has 0 fully saturated rings. The van der Waals surface area contributed by atoms with Crippen molar-refractivity contribution in [3.8, 4) is 0 Å². The fraction of sp³-hybridized carbons (Fsp3) is 0.150. The van der Waals surface area contributed by atoms with E-state index >= 15 is 0 Å². The van der Waals surface area contributed by atoms with Gasteiger partial charge in [-0.3, -0.25) is 0 Å². The lowest BCUT2D eigenvalue weighted by atomic mass is 10.1. The van der Waals surface area contributed by atoms with Crippen LogP contribution in [0.4, 0.5) is 0 Å². The summed E-state index contributed by atoms with van der Waals surface area (Å²) in [5.41, 5.74) is 3.03. The summed E-state index contributed by atoms with van der Waals surface area (Å²) in [5.74, 6) is 1.68. The van der Waals surface area contributed by atoms with E-state index in [-0.39, 0.29) is 0 Å². The summed E-state index contributed by atoms with van der Waals surface area (Å²) in [6.07, 6.45) is 4.23. The third-order valence-corrected chi connectivity index (χ3v) is 5.38. The normalized spacial score (nSPS) is 11.6. The minimum absolute atomic E-state index is 0.729. The van der Waals surface area contributed by atoms with Crippen molar-refractivity contribution < 1.29 is 4.42 Å². The number of nitrogens with zero attached hydrogens (tertiary/aromatic N) is 4. The van der Waals surface area contributed by atoms with E-state index in [9.17, 15) is 0 Å². The Hall–Kier alpha value is -2.57. The first-order chi connectivity index (χ1) is 13.2. The van der Waals surface area contributed by atoms with E-state index in [0.29, 0.717) is 0 Å². The molecule has 4 aromatic rings. The first kappa shape index (κ1) is 17.8. The van der Waals surface area contributed by atoms with E-state index in [1.807, 2.05) is 54.7 Å². The van der Waals surface area contributed by atoms with E-state index in [0.717, 1.165) is 50.2 Å². The van der Waals surface area contributed by atoms with Gasteiger partial charge < -0.3 is 4.42 Å². The third kappa shape index (κ3) is 3.91. The molecule has 0 aliphatic rings. The molecule has 0 saturated carbocycles. The molecule has 0 bridgehead atoms. The van der Waals surface area contributed by atoms with Crippen LogP contribution >= 0.6 is 23.4 Å². The summed E-state index contributed by atoms with van der Waals surface area (Å²) in [6.45, 7) is 2.07. The first-order valence-electron chi connectivity index (χ1n) is 8.56. The Bertz CT molecular complexity index is 1090. The predicted octanol–water partition coefficient (Wildman–Crippen LogP) is 5.41. The van der Waals surface area contributed by atoms with Crippen LogP contribution in [0.3, 0.4) is 0 Å². The van der Waals surface area contributed by atoms with Gasteiger partial charge in [0.25, 0.3) is 0 Å². The molecule has 5 nitrogen and oxygen atoms in total. The van der Waals surface area contributed by atoms with Gasteiger partial charge in [0.2, 0.25) is 5.16 Å². The van der Waals surface area contributed by atoms with Crippen LogP contribution in [-0.4, -0.2) is 21.1 Å². The Balaban J connectivity index is 1.56. The number of benzene rings is 2. The first-order valence-corrected chi connectivity index (χ1v) is 9.93. The van der Waals surface area contributed by atoms with Gasteiger partial charge in [-0.2, -0.15) is 9.78 Å². The summed E-state index contributed by atoms with van der Waals surface area (Å²) in [7, 11) is 0. The number of furan rings is 1. The number of para-hydroxylation sites is 1. The maximum Gasteiger partial charge on any atom is 0.212 e. The molecule has 0 aliphatic heterocycles. The number of rotatable bonds is 6. The molecule has 0 aliphatic carbocycles. The molecular weight excluding hydrogens is 380 g/mol. The predicted molar refractivity (Wildman–Crippen MR) is 110 cm³/mol. The number of aryl methyl sites for hydroxylation is 1.